The summed E-state index contributed by atoms with van der Waals surface area (Å²) < 4.78 is 4.80. The van der Waals surface area contributed by atoms with E-state index in [2.05, 4.69) is 12.5 Å². The molecule has 0 aromatic carbocycles. The summed E-state index contributed by atoms with van der Waals surface area (Å²) in [5, 5.41) is 0. The van der Waals surface area contributed by atoms with E-state index in [0.29, 0.717) is 13.0 Å². The first-order valence-corrected chi connectivity index (χ1v) is 4.11. The van der Waals surface area contributed by atoms with Crippen LogP contribution in [0.4, 0.5) is 0 Å². The largest absolute Gasteiger partial charge is 0.465 e. The van der Waals surface area contributed by atoms with Gasteiger partial charge in [0.1, 0.15) is 5.54 Å². The van der Waals surface area contributed by atoms with Crippen molar-refractivity contribution < 1.29 is 9.53 Å². The molecule has 13 heavy (non-hydrogen) atoms. The number of carbonyl (C=O) groups excluding carboxylic acids is 1. The summed E-state index contributed by atoms with van der Waals surface area (Å²) in [6.45, 7) is 5.54. The maximum atomic E-state index is 11.4. The number of rotatable bonds is 5. The second kappa shape index (κ2) is 5.39. The highest BCUT2D eigenvalue weighted by Gasteiger charge is 2.33. The summed E-state index contributed by atoms with van der Waals surface area (Å²) in [7, 11) is 0. The van der Waals surface area contributed by atoms with Gasteiger partial charge in [-0.3, -0.25) is 4.79 Å². The van der Waals surface area contributed by atoms with Gasteiger partial charge < -0.3 is 10.5 Å². The molecule has 0 saturated heterocycles. The van der Waals surface area contributed by atoms with E-state index >= 15 is 0 Å². The first-order chi connectivity index (χ1) is 6.10. The Bertz CT molecular complexity index is 230. The Balaban J connectivity index is 4.47. The maximum absolute atomic E-state index is 11.4. The minimum atomic E-state index is -1.10. The van der Waals surface area contributed by atoms with Gasteiger partial charge in [0.25, 0.3) is 0 Å². The predicted octanol–water partition coefficient (Wildman–Crippen LogP) is 0.846. The Kier molecular flexibility index (Phi) is 4.86. The molecule has 0 heterocycles. The maximum Gasteiger partial charge on any atom is 0.327 e. The molecule has 0 aliphatic rings. The smallest absolute Gasteiger partial charge is 0.327 e. The van der Waals surface area contributed by atoms with Gasteiger partial charge in [0.05, 0.1) is 6.61 Å². The third kappa shape index (κ3) is 3.30. The van der Waals surface area contributed by atoms with E-state index in [1.165, 1.54) is 0 Å². The van der Waals surface area contributed by atoms with Crippen molar-refractivity contribution in [3.8, 4) is 12.3 Å². The zero-order valence-electron chi connectivity index (χ0n) is 7.88. The van der Waals surface area contributed by atoms with Crippen LogP contribution >= 0.6 is 0 Å². The van der Waals surface area contributed by atoms with Crippen LogP contribution in [0.1, 0.15) is 19.8 Å². The molecule has 0 aromatic rings. The van der Waals surface area contributed by atoms with Crippen LogP contribution < -0.4 is 5.73 Å². The fourth-order valence-corrected chi connectivity index (χ4v) is 0.942. The molecule has 0 aliphatic heterocycles. The Morgan fingerprint density at radius 1 is 1.85 bits per heavy atom. The highest BCUT2D eigenvalue weighted by Crippen LogP contribution is 2.14. The molecule has 0 amide bonds. The van der Waals surface area contributed by atoms with E-state index in [4.69, 9.17) is 16.9 Å². The molecule has 1 atom stereocenters. The highest BCUT2D eigenvalue weighted by molar-refractivity contribution is 5.81. The van der Waals surface area contributed by atoms with Gasteiger partial charge in [-0.25, -0.2) is 0 Å². The lowest BCUT2D eigenvalue weighted by molar-refractivity contribution is -0.149. The van der Waals surface area contributed by atoms with Crippen LogP contribution in [0.5, 0.6) is 0 Å². The fourth-order valence-electron chi connectivity index (χ4n) is 0.942. The van der Waals surface area contributed by atoms with Gasteiger partial charge in [0.2, 0.25) is 0 Å². The molecule has 72 valence electrons. The second-order valence-electron chi connectivity index (χ2n) is 2.75. The quantitative estimate of drug-likeness (QED) is 0.388. The van der Waals surface area contributed by atoms with Crippen molar-refractivity contribution in [2.24, 2.45) is 5.73 Å². The first kappa shape index (κ1) is 11.7. The van der Waals surface area contributed by atoms with Crippen molar-refractivity contribution in [1.29, 1.82) is 0 Å². The lowest BCUT2D eigenvalue weighted by atomic mass is 9.93. The van der Waals surface area contributed by atoms with Gasteiger partial charge in [-0.2, -0.15) is 0 Å². The summed E-state index contributed by atoms with van der Waals surface area (Å²) in [5.41, 5.74) is 4.66. The molecule has 0 rings (SSSR count). The van der Waals surface area contributed by atoms with Gasteiger partial charge in [0.15, 0.2) is 0 Å². The highest BCUT2D eigenvalue weighted by atomic mass is 16.5. The number of esters is 1. The molecule has 0 aliphatic carbocycles. The third-order valence-corrected chi connectivity index (χ3v) is 1.61. The average Bonchev–Trinajstić information content (AvgIpc) is 2.05. The molecule has 0 fully saturated rings. The molecule has 0 bridgehead atoms. The molecule has 0 spiro atoms. The lowest BCUT2D eigenvalue weighted by Crippen LogP contribution is -2.48. The Morgan fingerprint density at radius 3 is 2.85 bits per heavy atom. The topological polar surface area (TPSA) is 52.3 Å². The molecular weight excluding hydrogens is 166 g/mol. The van der Waals surface area contributed by atoms with Crippen LogP contribution in [0, 0.1) is 12.3 Å². The summed E-state index contributed by atoms with van der Waals surface area (Å²) in [6.07, 6.45) is 7.16. The van der Waals surface area contributed by atoms with Gasteiger partial charge in [-0.1, -0.05) is 6.08 Å². The van der Waals surface area contributed by atoms with Crippen LogP contribution in [0.2, 0.25) is 0 Å². The van der Waals surface area contributed by atoms with Gasteiger partial charge in [-0.05, 0) is 13.3 Å². The predicted molar refractivity (Wildman–Crippen MR) is 51.8 cm³/mol. The van der Waals surface area contributed by atoms with Gasteiger partial charge in [-0.15, -0.1) is 18.9 Å². The van der Waals surface area contributed by atoms with Crippen molar-refractivity contribution in [2.45, 2.75) is 25.3 Å². The average molecular weight is 181 g/mol. The Morgan fingerprint density at radius 2 is 2.46 bits per heavy atom. The number of hydrogen-bond donors (Lipinski definition) is 1. The van der Waals surface area contributed by atoms with E-state index in [9.17, 15) is 4.79 Å². The van der Waals surface area contributed by atoms with Crippen LogP contribution in [0.15, 0.2) is 12.7 Å². The number of carbonyl (C=O) groups is 1. The van der Waals surface area contributed by atoms with Crippen LogP contribution in [0.25, 0.3) is 0 Å². The third-order valence-electron chi connectivity index (χ3n) is 1.61. The number of nitrogens with two attached hydrogens (primary N) is 1. The summed E-state index contributed by atoms with van der Waals surface area (Å²) in [6, 6.07) is 0. The summed E-state index contributed by atoms with van der Waals surface area (Å²) in [4.78, 5) is 11.4. The molecule has 1 unspecified atom stereocenters. The Hall–Kier alpha value is -1.27. The van der Waals surface area contributed by atoms with E-state index in [-0.39, 0.29) is 6.42 Å². The molecule has 0 saturated carbocycles. The molecular formula is C10H15NO2. The standard InChI is InChI=1S/C10H15NO2/c1-4-7-10(11,8-5-2)9(12)13-6-3/h1,5H,2,6-8,11H2,3H3. The number of terminal acetylenes is 1. The van der Waals surface area contributed by atoms with Crippen molar-refractivity contribution >= 4 is 5.97 Å². The SMILES string of the molecule is C#CCC(N)(CC=C)C(=O)OCC. The number of ether oxygens (including phenoxy) is 1. The molecule has 0 radical (unpaired) electrons. The number of hydrogen-bond acceptors (Lipinski definition) is 3. The lowest BCUT2D eigenvalue weighted by Gasteiger charge is -2.23. The van der Waals surface area contributed by atoms with Crippen LogP contribution in [0.3, 0.4) is 0 Å². The van der Waals surface area contributed by atoms with Crippen LogP contribution in [-0.4, -0.2) is 18.1 Å². The molecule has 2 N–H and O–H groups in total. The zero-order chi connectivity index (χ0) is 10.3. The summed E-state index contributed by atoms with van der Waals surface area (Å²) >= 11 is 0. The van der Waals surface area contributed by atoms with Crippen molar-refractivity contribution in [3.05, 3.63) is 12.7 Å². The van der Waals surface area contributed by atoms with Gasteiger partial charge in [0, 0.05) is 6.42 Å². The summed E-state index contributed by atoms with van der Waals surface area (Å²) in [5.74, 6) is 1.89. The Labute approximate surface area is 78.9 Å². The van der Waals surface area contributed by atoms with E-state index in [0.717, 1.165) is 0 Å². The zero-order valence-corrected chi connectivity index (χ0v) is 7.88. The van der Waals surface area contributed by atoms with E-state index in [1.54, 1.807) is 13.0 Å². The first-order valence-electron chi connectivity index (χ1n) is 4.11. The normalized spacial score (nSPS) is 13.9. The molecule has 0 aromatic heterocycles. The monoisotopic (exact) mass is 181 g/mol. The minimum Gasteiger partial charge on any atom is -0.465 e. The van der Waals surface area contributed by atoms with Gasteiger partial charge >= 0.3 is 5.97 Å². The van der Waals surface area contributed by atoms with Crippen LogP contribution in [-0.2, 0) is 9.53 Å². The molecule has 3 heteroatoms. The van der Waals surface area contributed by atoms with E-state index < -0.39 is 11.5 Å². The second-order valence-corrected chi connectivity index (χ2v) is 2.75. The fraction of sp³-hybridized carbons (Fsp3) is 0.500. The van der Waals surface area contributed by atoms with Crippen molar-refractivity contribution in [2.75, 3.05) is 6.61 Å². The minimum absolute atomic E-state index is 0.165. The van der Waals surface area contributed by atoms with Crippen molar-refractivity contribution in [1.82, 2.24) is 0 Å². The molecule has 3 nitrogen and oxygen atoms in total. The van der Waals surface area contributed by atoms with Crippen molar-refractivity contribution in [3.63, 3.8) is 0 Å². The van der Waals surface area contributed by atoms with E-state index in [1.807, 2.05) is 0 Å².